The van der Waals surface area contributed by atoms with Gasteiger partial charge in [0.2, 0.25) is 0 Å². The molecule has 100 valence electrons. The molecule has 0 aliphatic carbocycles. The summed E-state index contributed by atoms with van der Waals surface area (Å²) in [4.78, 5) is 15.9. The number of nitrogens with zero attached hydrogens (tertiary/aromatic N) is 1. The van der Waals surface area contributed by atoms with Gasteiger partial charge in [-0.15, -0.1) is 0 Å². The predicted octanol–water partition coefficient (Wildman–Crippen LogP) is 2.79. The summed E-state index contributed by atoms with van der Waals surface area (Å²) in [6, 6.07) is 5.02. The van der Waals surface area contributed by atoms with E-state index < -0.39 is 5.97 Å². The second kappa shape index (κ2) is 5.55. The number of hydrogen-bond donors (Lipinski definition) is 2. The predicted molar refractivity (Wildman–Crippen MR) is 75.8 cm³/mol. The molecule has 2 rings (SSSR count). The number of carboxylic acid groups (broad SMARTS) is 1. The lowest BCUT2D eigenvalue weighted by Gasteiger charge is -2.09. The van der Waals surface area contributed by atoms with Gasteiger partial charge in [-0.25, -0.2) is 4.79 Å². The van der Waals surface area contributed by atoms with Crippen LogP contribution in [0.3, 0.4) is 0 Å². The zero-order valence-corrected chi connectivity index (χ0v) is 11.4. The summed E-state index contributed by atoms with van der Waals surface area (Å²) in [5, 5.41) is 10.5. The van der Waals surface area contributed by atoms with Crippen molar-refractivity contribution >= 4 is 28.5 Å². The summed E-state index contributed by atoms with van der Waals surface area (Å²) in [5.74, 6) is -0.955. The minimum atomic E-state index is -0.955. The van der Waals surface area contributed by atoms with Crippen LogP contribution in [0.25, 0.3) is 10.9 Å². The Balaban J connectivity index is 2.69. The van der Waals surface area contributed by atoms with Gasteiger partial charge in [-0.05, 0) is 44.0 Å². The zero-order valence-electron chi connectivity index (χ0n) is 10.6. The maximum absolute atomic E-state index is 11.4. The van der Waals surface area contributed by atoms with Crippen molar-refractivity contribution in [3.63, 3.8) is 0 Å². The molecule has 4 nitrogen and oxygen atoms in total. The first-order chi connectivity index (χ1) is 9.04. The fraction of sp³-hybridized carbons (Fsp3) is 0.286. The Morgan fingerprint density at radius 1 is 1.47 bits per heavy atom. The van der Waals surface area contributed by atoms with Crippen molar-refractivity contribution in [1.29, 1.82) is 0 Å². The average Bonchev–Trinajstić information content (AvgIpc) is 2.40. The van der Waals surface area contributed by atoms with Crippen LogP contribution in [0, 0.1) is 6.92 Å². The first-order valence-corrected chi connectivity index (χ1v) is 6.44. The molecule has 0 aliphatic rings. The highest BCUT2D eigenvalue weighted by atomic mass is 35.5. The number of hydrogen-bond acceptors (Lipinski definition) is 3. The third kappa shape index (κ3) is 2.69. The lowest BCUT2D eigenvalue weighted by Crippen LogP contribution is -2.05. The number of rotatable bonds is 4. The molecular formula is C14H15ClN2O2. The van der Waals surface area contributed by atoms with Gasteiger partial charge in [0.15, 0.2) is 0 Å². The van der Waals surface area contributed by atoms with E-state index in [1.54, 1.807) is 18.2 Å². The molecule has 0 saturated carbocycles. The van der Waals surface area contributed by atoms with Crippen LogP contribution in [0.4, 0.5) is 0 Å². The molecule has 3 N–H and O–H groups in total. The Kier molecular flexibility index (Phi) is 4.02. The van der Waals surface area contributed by atoms with Gasteiger partial charge in [0, 0.05) is 16.1 Å². The Morgan fingerprint density at radius 3 is 2.84 bits per heavy atom. The number of benzene rings is 1. The van der Waals surface area contributed by atoms with Gasteiger partial charge in [-0.3, -0.25) is 4.98 Å². The molecule has 1 aromatic heterocycles. The van der Waals surface area contributed by atoms with E-state index in [9.17, 15) is 9.90 Å². The van der Waals surface area contributed by atoms with Crippen molar-refractivity contribution in [2.75, 3.05) is 6.54 Å². The summed E-state index contributed by atoms with van der Waals surface area (Å²) in [6.07, 6.45) is 1.44. The van der Waals surface area contributed by atoms with Crippen LogP contribution in [-0.4, -0.2) is 22.6 Å². The van der Waals surface area contributed by atoms with E-state index in [0.717, 1.165) is 17.7 Å². The monoisotopic (exact) mass is 278 g/mol. The van der Waals surface area contributed by atoms with Gasteiger partial charge in [-0.1, -0.05) is 17.7 Å². The van der Waals surface area contributed by atoms with Gasteiger partial charge < -0.3 is 10.8 Å². The van der Waals surface area contributed by atoms with E-state index in [2.05, 4.69) is 4.98 Å². The van der Waals surface area contributed by atoms with E-state index in [4.69, 9.17) is 17.3 Å². The summed E-state index contributed by atoms with van der Waals surface area (Å²) in [7, 11) is 0. The highest BCUT2D eigenvalue weighted by molar-refractivity contribution is 6.32. The fourth-order valence-corrected chi connectivity index (χ4v) is 2.20. The first-order valence-electron chi connectivity index (χ1n) is 6.06. The van der Waals surface area contributed by atoms with E-state index in [1.807, 2.05) is 6.92 Å². The Morgan fingerprint density at radius 2 is 2.21 bits per heavy atom. The van der Waals surface area contributed by atoms with Gasteiger partial charge in [-0.2, -0.15) is 0 Å². The molecule has 0 bridgehead atoms. The topological polar surface area (TPSA) is 76.2 Å². The van der Waals surface area contributed by atoms with Gasteiger partial charge in [0.25, 0.3) is 0 Å². The van der Waals surface area contributed by atoms with E-state index in [-0.39, 0.29) is 5.56 Å². The molecule has 0 unspecified atom stereocenters. The number of halogens is 1. The first kappa shape index (κ1) is 13.8. The number of aryl methyl sites for hydroxylation is 2. The number of aromatic carboxylic acids is 1. The summed E-state index contributed by atoms with van der Waals surface area (Å²) < 4.78 is 0. The number of pyridine rings is 1. The molecule has 0 aliphatic heterocycles. The minimum absolute atomic E-state index is 0.261. The highest BCUT2D eigenvalue weighted by Crippen LogP contribution is 2.27. The van der Waals surface area contributed by atoms with Crippen molar-refractivity contribution in [3.05, 3.63) is 40.0 Å². The number of fused-ring (bicyclic) bond motifs is 1. The summed E-state index contributed by atoms with van der Waals surface area (Å²) in [6.45, 7) is 2.40. The molecule has 0 radical (unpaired) electrons. The standard InChI is InChI=1S/C14H15ClN2O2/c1-8-12(15)5-4-10-11(14(18)19)7-9(3-2-6-16)17-13(8)10/h4-5,7H,2-3,6,16H2,1H3,(H,18,19). The Labute approximate surface area is 116 Å². The molecule has 0 amide bonds. The van der Waals surface area contributed by atoms with Crippen LogP contribution in [-0.2, 0) is 6.42 Å². The molecule has 2 aromatic rings. The molecule has 5 heteroatoms. The third-order valence-electron chi connectivity index (χ3n) is 3.09. The van der Waals surface area contributed by atoms with E-state index >= 15 is 0 Å². The van der Waals surface area contributed by atoms with Crippen molar-refractivity contribution in [2.45, 2.75) is 19.8 Å². The highest BCUT2D eigenvalue weighted by Gasteiger charge is 2.14. The Hall–Kier alpha value is -1.65. The van der Waals surface area contributed by atoms with E-state index in [1.165, 1.54) is 0 Å². The molecule has 1 heterocycles. The van der Waals surface area contributed by atoms with Crippen LogP contribution in [0.15, 0.2) is 18.2 Å². The number of nitrogens with two attached hydrogens (primary N) is 1. The molecule has 0 saturated heterocycles. The van der Waals surface area contributed by atoms with Crippen molar-refractivity contribution in [3.8, 4) is 0 Å². The van der Waals surface area contributed by atoms with Gasteiger partial charge in [0.1, 0.15) is 0 Å². The smallest absolute Gasteiger partial charge is 0.336 e. The molecule has 19 heavy (non-hydrogen) atoms. The number of carbonyl (C=O) groups is 1. The van der Waals surface area contributed by atoms with Crippen molar-refractivity contribution < 1.29 is 9.90 Å². The van der Waals surface area contributed by atoms with Crippen molar-refractivity contribution in [2.24, 2.45) is 5.73 Å². The van der Waals surface area contributed by atoms with Crippen LogP contribution in [0.2, 0.25) is 5.02 Å². The molecule has 1 aromatic carbocycles. The maximum Gasteiger partial charge on any atom is 0.336 e. The quantitative estimate of drug-likeness (QED) is 0.902. The Bertz CT molecular complexity index is 641. The van der Waals surface area contributed by atoms with Gasteiger partial charge >= 0.3 is 5.97 Å². The number of aromatic nitrogens is 1. The molecule has 0 atom stereocenters. The minimum Gasteiger partial charge on any atom is -0.478 e. The SMILES string of the molecule is Cc1c(Cl)ccc2c(C(=O)O)cc(CCCN)nc12. The summed E-state index contributed by atoms with van der Waals surface area (Å²) >= 11 is 6.07. The lowest BCUT2D eigenvalue weighted by atomic mass is 10.0. The number of carboxylic acids is 1. The summed E-state index contributed by atoms with van der Waals surface area (Å²) in [5.41, 5.74) is 7.93. The van der Waals surface area contributed by atoms with E-state index in [0.29, 0.717) is 28.9 Å². The van der Waals surface area contributed by atoms with Crippen LogP contribution in [0.5, 0.6) is 0 Å². The normalized spacial score (nSPS) is 10.9. The van der Waals surface area contributed by atoms with Crippen molar-refractivity contribution in [1.82, 2.24) is 4.98 Å². The zero-order chi connectivity index (χ0) is 14.0. The molecular weight excluding hydrogens is 264 g/mol. The van der Waals surface area contributed by atoms with Gasteiger partial charge in [0.05, 0.1) is 11.1 Å². The van der Waals surface area contributed by atoms with Crippen LogP contribution >= 0.6 is 11.6 Å². The average molecular weight is 279 g/mol. The van der Waals surface area contributed by atoms with Crippen LogP contribution < -0.4 is 5.73 Å². The van der Waals surface area contributed by atoms with Crippen LogP contribution in [0.1, 0.15) is 28.0 Å². The largest absolute Gasteiger partial charge is 0.478 e. The molecule has 0 spiro atoms. The second-order valence-corrected chi connectivity index (χ2v) is 4.83. The lowest BCUT2D eigenvalue weighted by molar-refractivity contribution is 0.0699. The second-order valence-electron chi connectivity index (χ2n) is 4.43. The third-order valence-corrected chi connectivity index (χ3v) is 3.50. The molecule has 0 fully saturated rings. The maximum atomic E-state index is 11.4. The fourth-order valence-electron chi connectivity index (χ4n) is 2.05.